The third kappa shape index (κ3) is 5.21. The fourth-order valence-electron chi connectivity index (χ4n) is 2.12. The predicted octanol–water partition coefficient (Wildman–Crippen LogP) is 0.914. The maximum Gasteiger partial charge on any atom is 0.328 e. The van der Waals surface area contributed by atoms with Crippen LogP contribution in [0.15, 0.2) is 39.7 Å². The lowest BCUT2D eigenvalue weighted by Gasteiger charge is -2.16. The van der Waals surface area contributed by atoms with Gasteiger partial charge in [-0.1, -0.05) is 0 Å². The second-order valence-electron chi connectivity index (χ2n) is 5.12. The molecule has 134 valence electrons. The number of rotatable bonds is 8. The summed E-state index contributed by atoms with van der Waals surface area (Å²) in [5.41, 5.74) is 0.00786. The van der Waals surface area contributed by atoms with Gasteiger partial charge >= 0.3 is 5.97 Å². The van der Waals surface area contributed by atoms with E-state index in [-0.39, 0.29) is 6.54 Å². The average Bonchev–Trinajstić information content (AvgIpc) is 3.14. The first-order valence-corrected chi connectivity index (χ1v) is 8.92. The van der Waals surface area contributed by atoms with Crippen molar-refractivity contribution < 1.29 is 18.7 Å². The molecule has 1 atom stereocenters. The van der Waals surface area contributed by atoms with Crippen molar-refractivity contribution in [2.45, 2.75) is 19.0 Å². The minimum absolute atomic E-state index is 0.305. The molecule has 0 saturated heterocycles. The summed E-state index contributed by atoms with van der Waals surface area (Å²) in [7, 11) is 1.26. The van der Waals surface area contributed by atoms with E-state index in [4.69, 9.17) is 9.15 Å². The molecular formula is C16H19N3O5S. The molecule has 0 aliphatic heterocycles. The number of esters is 1. The van der Waals surface area contributed by atoms with E-state index in [0.717, 1.165) is 4.68 Å². The van der Waals surface area contributed by atoms with Gasteiger partial charge in [0.2, 0.25) is 5.91 Å². The molecule has 2 aromatic heterocycles. The van der Waals surface area contributed by atoms with Crippen LogP contribution in [-0.4, -0.2) is 46.8 Å². The highest BCUT2D eigenvalue weighted by Crippen LogP contribution is 2.14. The molecule has 0 aromatic carbocycles. The summed E-state index contributed by atoms with van der Waals surface area (Å²) in [6.07, 6.45) is 3.83. The van der Waals surface area contributed by atoms with Crippen LogP contribution >= 0.6 is 11.8 Å². The van der Waals surface area contributed by atoms with Crippen LogP contribution in [0.4, 0.5) is 0 Å². The summed E-state index contributed by atoms with van der Waals surface area (Å²) in [5.74, 6) is 0.156. The molecule has 0 fully saturated rings. The molecule has 1 amide bonds. The van der Waals surface area contributed by atoms with Crippen molar-refractivity contribution in [2.75, 3.05) is 19.1 Å². The van der Waals surface area contributed by atoms with Gasteiger partial charge in [0.15, 0.2) is 5.76 Å². The summed E-state index contributed by atoms with van der Waals surface area (Å²) in [6, 6.07) is 5.47. The summed E-state index contributed by atoms with van der Waals surface area (Å²) in [5, 5.41) is 6.70. The molecule has 0 unspecified atom stereocenters. The summed E-state index contributed by atoms with van der Waals surface area (Å²) in [6.45, 7) is -0.305. The number of nitrogens with one attached hydrogen (secondary N) is 1. The Balaban J connectivity index is 2.10. The average molecular weight is 365 g/mol. The van der Waals surface area contributed by atoms with E-state index in [9.17, 15) is 14.4 Å². The van der Waals surface area contributed by atoms with Crippen LogP contribution in [0.3, 0.4) is 0 Å². The molecule has 1 N–H and O–H groups in total. The number of nitrogens with zero attached hydrogens (tertiary/aromatic N) is 2. The molecule has 2 heterocycles. The Bertz CT molecular complexity index is 772. The van der Waals surface area contributed by atoms with Crippen LogP contribution in [0.2, 0.25) is 0 Å². The van der Waals surface area contributed by atoms with Crippen molar-refractivity contribution >= 4 is 23.6 Å². The van der Waals surface area contributed by atoms with E-state index in [1.165, 1.54) is 25.5 Å². The Morgan fingerprint density at radius 1 is 1.40 bits per heavy atom. The molecule has 0 radical (unpaired) electrons. The lowest BCUT2D eigenvalue weighted by atomic mass is 10.2. The number of thioether (sulfide) groups is 1. The van der Waals surface area contributed by atoms with Crippen LogP contribution in [0.1, 0.15) is 6.42 Å². The molecule has 0 aliphatic rings. The minimum Gasteiger partial charge on any atom is -0.467 e. The SMILES string of the molecule is COC(=O)[C@@H](CCSC)NC(=O)Cn1nc(-c2ccco2)ccc1=O. The molecule has 9 heteroatoms. The zero-order valence-electron chi connectivity index (χ0n) is 13.9. The normalized spacial score (nSPS) is 11.8. The smallest absolute Gasteiger partial charge is 0.328 e. The Morgan fingerprint density at radius 3 is 2.84 bits per heavy atom. The zero-order valence-corrected chi connectivity index (χ0v) is 14.7. The van der Waals surface area contributed by atoms with Gasteiger partial charge in [0, 0.05) is 6.07 Å². The van der Waals surface area contributed by atoms with Crippen molar-refractivity contribution in [1.82, 2.24) is 15.1 Å². The number of aromatic nitrogens is 2. The van der Waals surface area contributed by atoms with Crippen LogP contribution in [0, 0.1) is 0 Å². The van der Waals surface area contributed by atoms with E-state index >= 15 is 0 Å². The fraction of sp³-hybridized carbons (Fsp3) is 0.375. The maximum atomic E-state index is 12.2. The third-order valence-corrected chi connectivity index (χ3v) is 4.01. The van der Waals surface area contributed by atoms with Crippen molar-refractivity contribution in [3.8, 4) is 11.5 Å². The fourth-order valence-corrected chi connectivity index (χ4v) is 2.59. The second-order valence-corrected chi connectivity index (χ2v) is 6.10. The molecule has 0 spiro atoms. The highest BCUT2D eigenvalue weighted by atomic mass is 32.2. The standard InChI is InChI=1S/C16H19N3O5S/c1-23-16(22)12(7-9-25-2)17-14(20)10-19-15(21)6-5-11(18-19)13-4-3-8-24-13/h3-6,8,12H,7,9-10H2,1-2H3,(H,17,20)/t12-/m1/s1. The van der Waals surface area contributed by atoms with Gasteiger partial charge in [-0.2, -0.15) is 16.9 Å². The number of furan rings is 1. The quantitative estimate of drug-likeness (QED) is 0.694. The van der Waals surface area contributed by atoms with E-state index < -0.39 is 23.5 Å². The molecule has 2 aromatic rings. The molecule has 0 aliphatic carbocycles. The Morgan fingerprint density at radius 2 is 2.20 bits per heavy atom. The van der Waals surface area contributed by atoms with E-state index in [0.29, 0.717) is 23.6 Å². The molecular weight excluding hydrogens is 346 g/mol. The predicted molar refractivity (Wildman–Crippen MR) is 93.1 cm³/mol. The summed E-state index contributed by atoms with van der Waals surface area (Å²) in [4.78, 5) is 35.9. The Hall–Kier alpha value is -2.55. The molecule has 2 rings (SSSR count). The van der Waals surface area contributed by atoms with Crippen molar-refractivity contribution in [3.63, 3.8) is 0 Å². The topological polar surface area (TPSA) is 103 Å². The summed E-state index contributed by atoms with van der Waals surface area (Å²) >= 11 is 1.55. The van der Waals surface area contributed by atoms with Gasteiger partial charge in [0.25, 0.3) is 5.56 Å². The van der Waals surface area contributed by atoms with Crippen LogP contribution in [0.25, 0.3) is 11.5 Å². The van der Waals surface area contributed by atoms with Gasteiger partial charge in [-0.25, -0.2) is 9.48 Å². The Labute approximate surface area is 148 Å². The van der Waals surface area contributed by atoms with Gasteiger partial charge in [0.1, 0.15) is 18.3 Å². The van der Waals surface area contributed by atoms with E-state index in [1.807, 2.05) is 6.26 Å². The van der Waals surface area contributed by atoms with Crippen molar-refractivity contribution in [2.24, 2.45) is 0 Å². The third-order valence-electron chi connectivity index (χ3n) is 3.37. The zero-order chi connectivity index (χ0) is 18.2. The number of methoxy groups -OCH3 is 1. The number of carbonyl (C=O) groups excluding carboxylic acids is 2. The lowest BCUT2D eigenvalue weighted by Crippen LogP contribution is -2.44. The first-order valence-electron chi connectivity index (χ1n) is 7.53. The van der Waals surface area contributed by atoms with Gasteiger partial charge in [-0.15, -0.1) is 0 Å². The first kappa shape index (κ1) is 18.8. The maximum absolute atomic E-state index is 12.2. The Kier molecular flexibility index (Phi) is 6.81. The monoisotopic (exact) mass is 365 g/mol. The highest BCUT2D eigenvalue weighted by molar-refractivity contribution is 7.98. The number of hydrogen-bond acceptors (Lipinski definition) is 7. The number of amides is 1. The van der Waals surface area contributed by atoms with Crippen LogP contribution in [0.5, 0.6) is 0 Å². The molecule has 25 heavy (non-hydrogen) atoms. The van der Waals surface area contributed by atoms with Gasteiger partial charge in [0.05, 0.1) is 13.4 Å². The first-order chi connectivity index (χ1) is 12.0. The molecule has 8 nitrogen and oxygen atoms in total. The van der Waals surface area contributed by atoms with Crippen LogP contribution in [-0.2, 0) is 20.9 Å². The van der Waals surface area contributed by atoms with E-state index in [2.05, 4.69) is 10.4 Å². The lowest BCUT2D eigenvalue weighted by molar-refractivity contribution is -0.145. The summed E-state index contributed by atoms with van der Waals surface area (Å²) < 4.78 is 10.9. The van der Waals surface area contributed by atoms with E-state index in [1.54, 1.807) is 23.9 Å². The number of hydrogen-bond donors (Lipinski definition) is 1. The second kappa shape index (κ2) is 9.07. The molecule has 0 bridgehead atoms. The highest BCUT2D eigenvalue weighted by Gasteiger charge is 2.21. The number of carbonyl (C=O) groups is 2. The number of ether oxygens (including phenoxy) is 1. The van der Waals surface area contributed by atoms with Gasteiger partial charge in [-0.05, 0) is 36.6 Å². The largest absolute Gasteiger partial charge is 0.467 e. The molecule has 0 saturated carbocycles. The van der Waals surface area contributed by atoms with Gasteiger partial charge in [-0.3, -0.25) is 9.59 Å². The van der Waals surface area contributed by atoms with Crippen molar-refractivity contribution in [1.29, 1.82) is 0 Å². The van der Waals surface area contributed by atoms with Crippen LogP contribution < -0.4 is 10.9 Å². The minimum atomic E-state index is -0.756. The van der Waals surface area contributed by atoms with Crippen molar-refractivity contribution in [3.05, 3.63) is 40.9 Å². The van der Waals surface area contributed by atoms with Gasteiger partial charge < -0.3 is 14.5 Å².